The number of hydrogen-bond acceptors (Lipinski definition) is 5. The molecule has 2 aromatic rings. The Morgan fingerprint density at radius 3 is 2.38 bits per heavy atom. The van der Waals surface area contributed by atoms with E-state index in [1.165, 1.54) is 19.2 Å². The number of rotatable bonds is 6. The number of methoxy groups -OCH3 is 1. The third-order valence-electron chi connectivity index (χ3n) is 3.15. The van der Waals surface area contributed by atoms with Crippen molar-refractivity contribution in [3.05, 3.63) is 48.0 Å². The molecule has 2 N–H and O–H groups in total. The lowest BCUT2D eigenvalue weighted by Crippen LogP contribution is -2.13. The second-order valence-corrected chi connectivity index (χ2v) is 6.17. The standard InChI is InChI=1S/C16H17NO6S/c1-3-23-12-6-4-11(5-7-12)16(18)17-14-9-8-13(24(19,20)21)10-15(14)22-2/h4-10H,3H2,1-2H3,(H,17,18)(H,19,20,21). The van der Waals surface area contributed by atoms with Gasteiger partial charge in [0.2, 0.25) is 0 Å². The smallest absolute Gasteiger partial charge is 0.294 e. The Labute approximate surface area is 140 Å². The van der Waals surface area contributed by atoms with Crippen LogP contribution < -0.4 is 14.8 Å². The summed E-state index contributed by atoms with van der Waals surface area (Å²) < 4.78 is 41.7. The van der Waals surface area contributed by atoms with E-state index in [1.807, 2.05) is 6.92 Å². The van der Waals surface area contributed by atoms with Gasteiger partial charge in [-0.05, 0) is 43.3 Å². The molecule has 0 saturated carbocycles. The van der Waals surface area contributed by atoms with Crippen molar-refractivity contribution in [1.29, 1.82) is 0 Å². The lowest BCUT2D eigenvalue weighted by Gasteiger charge is -2.11. The van der Waals surface area contributed by atoms with Gasteiger partial charge in [-0.1, -0.05) is 0 Å². The molecule has 0 atom stereocenters. The summed E-state index contributed by atoms with van der Waals surface area (Å²) in [6.45, 7) is 2.39. The number of ether oxygens (including phenoxy) is 2. The number of hydrogen-bond donors (Lipinski definition) is 2. The lowest BCUT2D eigenvalue weighted by molar-refractivity contribution is 0.102. The maximum absolute atomic E-state index is 12.3. The van der Waals surface area contributed by atoms with Crippen LogP contribution in [0.5, 0.6) is 11.5 Å². The summed E-state index contributed by atoms with van der Waals surface area (Å²) in [7, 11) is -3.02. The molecular formula is C16H17NO6S. The van der Waals surface area contributed by atoms with E-state index in [9.17, 15) is 13.2 Å². The molecule has 0 spiro atoms. The first kappa shape index (κ1) is 17.8. The van der Waals surface area contributed by atoms with E-state index in [4.69, 9.17) is 14.0 Å². The molecule has 0 saturated heterocycles. The third-order valence-corrected chi connectivity index (χ3v) is 4.00. The van der Waals surface area contributed by atoms with Crippen LogP contribution in [0.25, 0.3) is 0 Å². The molecule has 24 heavy (non-hydrogen) atoms. The van der Waals surface area contributed by atoms with Gasteiger partial charge in [0, 0.05) is 11.6 Å². The molecule has 0 aliphatic heterocycles. The number of nitrogens with one attached hydrogen (secondary N) is 1. The molecule has 0 fully saturated rings. The van der Waals surface area contributed by atoms with E-state index in [1.54, 1.807) is 24.3 Å². The molecule has 0 radical (unpaired) electrons. The first-order valence-corrected chi connectivity index (χ1v) is 8.49. The summed E-state index contributed by atoms with van der Waals surface area (Å²) in [5.74, 6) is 0.379. The summed E-state index contributed by atoms with van der Waals surface area (Å²) in [6, 6.07) is 10.2. The van der Waals surface area contributed by atoms with Crippen LogP contribution >= 0.6 is 0 Å². The summed E-state index contributed by atoms with van der Waals surface area (Å²) in [6.07, 6.45) is 0. The SMILES string of the molecule is CCOc1ccc(C(=O)Nc2ccc(S(=O)(=O)O)cc2OC)cc1. The predicted octanol–water partition coefficient (Wildman–Crippen LogP) is 2.59. The van der Waals surface area contributed by atoms with Crippen molar-refractivity contribution in [2.75, 3.05) is 19.0 Å². The fourth-order valence-electron chi connectivity index (χ4n) is 2.00. The molecule has 8 heteroatoms. The second-order valence-electron chi connectivity index (χ2n) is 4.75. The Morgan fingerprint density at radius 1 is 1.17 bits per heavy atom. The van der Waals surface area contributed by atoms with Crippen LogP contribution in [0, 0.1) is 0 Å². The quantitative estimate of drug-likeness (QED) is 0.776. The topological polar surface area (TPSA) is 102 Å². The molecule has 0 unspecified atom stereocenters. The molecule has 2 rings (SSSR count). The minimum atomic E-state index is -4.35. The molecule has 128 valence electrons. The van der Waals surface area contributed by atoms with Crippen LogP contribution in [0.1, 0.15) is 17.3 Å². The van der Waals surface area contributed by atoms with Crippen LogP contribution in [-0.2, 0) is 10.1 Å². The van der Waals surface area contributed by atoms with Crippen molar-refractivity contribution >= 4 is 21.7 Å². The molecule has 0 aliphatic carbocycles. The molecule has 0 aliphatic rings. The Morgan fingerprint density at radius 2 is 1.83 bits per heavy atom. The number of benzene rings is 2. The number of amides is 1. The van der Waals surface area contributed by atoms with Gasteiger partial charge in [-0.2, -0.15) is 8.42 Å². The molecule has 7 nitrogen and oxygen atoms in total. The third kappa shape index (κ3) is 4.24. The van der Waals surface area contributed by atoms with Crippen molar-refractivity contribution in [2.45, 2.75) is 11.8 Å². The predicted molar refractivity (Wildman–Crippen MR) is 88.4 cm³/mol. The molecular weight excluding hydrogens is 334 g/mol. The van der Waals surface area contributed by atoms with Gasteiger partial charge in [0.15, 0.2) is 0 Å². The zero-order valence-electron chi connectivity index (χ0n) is 13.1. The van der Waals surface area contributed by atoms with Crippen molar-refractivity contribution in [3.8, 4) is 11.5 Å². The lowest BCUT2D eigenvalue weighted by atomic mass is 10.2. The number of carbonyl (C=O) groups excluding carboxylic acids is 1. The van der Waals surface area contributed by atoms with Gasteiger partial charge >= 0.3 is 0 Å². The zero-order valence-corrected chi connectivity index (χ0v) is 14.0. The summed E-state index contributed by atoms with van der Waals surface area (Å²) in [5.41, 5.74) is 0.683. The maximum atomic E-state index is 12.3. The largest absolute Gasteiger partial charge is 0.495 e. The number of anilines is 1. The summed E-state index contributed by atoms with van der Waals surface area (Å²) >= 11 is 0. The average Bonchev–Trinajstić information content (AvgIpc) is 2.55. The fraction of sp³-hybridized carbons (Fsp3) is 0.188. The van der Waals surface area contributed by atoms with Crippen molar-refractivity contribution in [3.63, 3.8) is 0 Å². The van der Waals surface area contributed by atoms with Crippen LogP contribution in [0.4, 0.5) is 5.69 Å². The molecule has 0 aromatic heterocycles. The van der Waals surface area contributed by atoms with E-state index >= 15 is 0 Å². The van der Waals surface area contributed by atoms with Crippen LogP contribution in [0.3, 0.4) is 0 Å². The summed E-state index contributed by atoms with van der Waals surface area (Å²) in [4.78, 5) is 11.9. The van der Waals surface area contributed by atoms with Gasteiger partial charge in [0.1, 0.15) is 11.5 Å². The molecule has 0 heterocycles. The van der Waals surface area contributed by atoms with Gasteiger partial charge in [-0.25, -0.2) is 0 Å². The van der Waals surface area contributed by atoms with Gasteiger partial charge < -0.3 is 14.8 Å². The number of carbonyl (C=O) groups is 1. The van der Waals surface area contributed by atoms with Gasteiger partial charge in [0.25, 0.3) is 16.0 Å². The Balaban J connectivity index is 2.22. The summed E-state index contributed by atoms with van der Waals surface area (Å²) in [5, 5.41) is 2.63. The second kappa shape index (κ2) is 7.33. The zero-order chi connectivity index (χ0) is 17.7. The van der Waals surface area contributed by atoms with Crippen LogP contribution in [0.15, 0.2) is 47.4 Å². The molecule has 2 aromatic carbocycles. The van der Waals surface area contributed by atoms with Crippen molar-refractivity contribution in [2.24, 2.45) is 0 Å². The Kier molecular flexibility index (Phi) is 5.42. The van der Waals surface area contributed by atoms with Crippen LogP contribution in [0.2, 0.25) is 0 Å². The van der Waals surface area contributed by atoms with Crippen molar-refractivity contribution < 1.29 is 27.2 Å². The van der Waals surface area contributed by atoms with E-state index < -0.39 is 16.0 Å². The average molecular weight is 351 g/mol. The van der Waals surface area contributed by atoms with E-state index in [2.05, 4.69) is 5.32 Å². The minimum absolute atomic E-state index is 0.115. The highest BCUT2D eigenvalue weighted by Gasteiger charge is 2.15. The van der Waals surface area contributed by atoms with Gasteiger partial charge in [-0.3, -0.25) is 9.35 Å². The monoisotopic (exact) mass is 351 g/mol. The van der Waals surface area contributed by atoms with Crippen molar-refractivity contribution in [1.82, 2.24) is 0 Å². The van der Waals surface area contributed by atoms with Gasteiger partial charge in [0.05, 0.1) is 24.3 Å². The van der Waals surface area contributed by atoms with E-state index in [0.717, 1.165) is 6.07 Å². The minimum Gasteiger partial charge on any atom is -0.495 e. The first-order valence-electron chi connectivity index (χ1n) is 7.05. The Hall–Kier alpha value is -2.58. The molecule has 0 bridgehead atoms. The maximum Gasteiger partial charge on any atom is 0.294 e. The van der Waals surface area contributed by atoms with E-state index in [0.29, 0.717) is 17.9 Å². The van der Waals surface area contributed by atoms with Crippen LogP contribution in [-0.4, -0.2) is 32.6 Å². The van der Waals surface area contributed by atoms with Gasteiger partial charge in [-0.15, -0.1) is 0 Å². The Bertz CT molecular complexity index is 830. The highest BCUT2D eigenvalue weighted by molar-refractivity contribution is 7.85. The highest BCUT2D eigenvalue weighted by Crippen LogP contribution is 2.28. The first-order chi connectivity index (χ1) is 11.3. The normalized spacial score (nSPS) is 11.0. The molecule has 1 amide bonds. The highest BCUT2D eigenvalue weighted by atomic mass is 32.2. The fourth-order valence-corrected chi connectivity index (χ4v) is 2.49. The van der Waals surface area contributed by atoms with E-state index in [-0.39, 0.29) is 16.3 Å².